The standard InChI is InChI=1S/C22H29FN2O2S/c1-3-5-18-12-13-25(15-17-8-10-21(11-9-17)28(2,26)27)16-22(18)24-20-7-4-6-19(23)14-20/h4,6-11,14,18,22,24H,3,5,12-13,15-16H2,1-2H3/t18-,22+/m0/s1. The molecule has 1 saturated heterocycles. The number of sulfone groups is 1. The van der Waals surface area contributed by atoms with Crippen LogP contribution in [-0.4, -0.2) is 38.7 Å². The summed E-state index contributed by atoms with van der Waals surface area (Å²) in [7, 11) is -3.17. The van der Waals surface area contributed by atoms with Gasteiger partial charge in [0, 0.05) is 31.1 Å². The Labute approximate surface area is 167 Å². The van der Waals surface area contributed by atoms with Gasteiger partial charge in [-0.05, 0) is 61.2 Å². The number of halogens is 1. The Balaban J connectivity index is 1.68. The van der Waals surface area contributed by atoms with Crippen LogP contribution in [0.3, 0.4) is 0 Å². The molecule has 28 heavy (non-hydrogen) atoms. The van der Waals surface area contributed by atoms with Crippen molar-refractivity contribution in [2.75, 3.05) is 24.7 Å². The lowest BCUT2D eigenvalue weighted by Crippen LogP contribution is -2.47. The molecular weight excluding hydrogens is 375 g/mol. The molecule has 0 unspecified atom stereocenters. The maximum atomic E-state index is 13.6. The first-order chi connectivity index (χ1) is 13.3. The zero-order chi connectivity index (χ0) is 20.1. The summed E-state index contributed by atoms with van der Waals surface area (Å²) in [6.45, 7) is 4.88. The van der Waals surface area contributed by atoms with E-state index in [1.54, 1.807) is 24.3 Å². The van der Waals surface area contributed by atoms with E-state index in [2.05, 4.69) is 17.1 Å². The molecule has 0 spiro atoms. The molecule has 4 nitrogen and oxygen atoms in total. The van der Waals surface area contributed by atoms with Gasteiger partial charge >= 0.3 is 0 Å². The van der Waals surface area contributed by atoms with Crippen LogP contribution in [0.2, 0.25) is 0 Å². The lowest BCUT2D eigenvalue weighted by molar-refractivity contribution is 0.157. The molecule has 1 fully saturated rings. The number of likely N-dealkylation sites (tertiary alicyclic amines) is 1. The summed E-state index contributed by atoms with van der Waals surface area (Å²) in [6, 6.07) is 14.1. The molecule has 152 valence electrons. The molecule has 6 heteroatoms. The summed E-state index contributed by atoms with van der Waals surface area (Å²) in [4.78, 5) is 2.74. The van der Waals surface area contributed by atoms with Gasteiger partial charge in [-0.25, -0.2) is 12.8 Å². The zero-order valence-corrected chi connectivity index (χ0v) is 17.4. The monoisotopic (exact) mass is 404 g/mol. The topological polar surface area (TPSA) is 49.4 Å². The zero-order valence-electron chi connectivity index (χ0n) is 16.6. The first-order valence-corrected chi connectivity index (χ1v) is 11.8. The van der Waals surface area contributed by atoms with Crippen molar-refractivity contribution in [3.8, 4) is 0 Å². The van der Waals surface area contributed by atoms with Crippen LogP contribution in [0, 0.1) is 11.7 Å². The lowest BCUT2D eigenvalue weighted by Gasteiger charge is -2.39. The minimum Gasteiger partial charge on any atom is -0.381 e. The number of rotatable bonds is 7. The summed E-state index contributed by atoms with van der Waals surface area (Å²) in [5.41, 5.74) is 1.93. The van der Waals surface area contributed by atoms with Gasteiger partial charge < -0.3 is 5.32 Å². The van der Waals surface area contributed by atoms with Gasteiger partial charge in [-0.3, -0.25) is 4.90 Å². The summed E-state index contributed by atoms with van der Waals surface area (Å²) in [6.07, 6.45) is 4.62. The van der Waals surface area contributed by atoms with E-state index in [1.165, 1.54) is 12.3 Å². The molecule has 1 aliphatic rings. The van der Waals surface area contributed by atoms with E-state index in [-0.39, 0.29) is 11.9 Å². The van der Waals surface area contributed by atoms with Crippen molar-refractivity contribution in [1.82, 2.24) is 4.90 Å². The Bertz CT molecular complexity index is 884. The molecule has 2 aromatic carbocycles. The highest BCUT2D eigenvalue weighted by Gasteiger charge is 2.28. The van der Waals surface area contributed by atoms with Crippen molar-refractivity contribution in [2.24, 2.45) is 5.92 Å². The van der Waals surface area contributed by atoms with E-state index in [4.69, 9.17) is 0 Å². The quantitative estimate of drug-likeness (QED) is 0.746. The minimum atomic E-state index is -3.17. The third-order valence-electron chi connectivity index (χ3n) is 5.43. The molecule has 1 heterocycles. The number of hydrogen-bond acceptors (Lipinski definition) is 4. The first-order valence-electron chi connectivity index (χ1n) is 9.88. The molecule has 0 radical (unpaired) electrons. The molecule has 1 N–H and O–H groups in total. The summed E-state index contributed by atoms with van der Waals surface area (Å²) < 4.78 is 36.8. The van der Waals surface area contributed by atoms with E-state index in [9.17, 15) is 12.8 Å². The van der Waals surface area contributed by atoms with Crippen LogP contribution >= 0.6 is 0 Å². The molecule has 0 saturated carbocycles. The molecule has 0 aliphatic carbocycles. The SMILES string of the molecule is CCC[C@H]1CCN(Cc2ccc(S(C)(=O)=O)cc2)C[C@H]1Nc1cccc(F)c1. The first kappa shape index (κ1) is 20.8. The van der Waals surface area contributed by atoms with E-state index in [1.807, 2.05) is 18.2 Å². The van der Waals surface area contributed by atoms with Crippen LogP contribution in [0.25, 0.3) is 0 Å². The Kier molecular flexibility index (Phi) is 6.73. The fourth-order valence-corrected chi connectivity index (χ4v) is 4.61. The molecule has 3 rings (SSSR count). The van der Waals surface area contributed by atoms with E-state index in [0.717, 1.165) is 50.1 Å². The number of nitrogens with one attached hydrogen (secondary N) is 1. The van der Waals surface area contributed by atoms with Crippen LogP contribution < -0.4 is 5.32 Å². The largest absolute Gasteiger partial charge is 0.381 e. The number of piperidine rings is 1. The van der Waals surface area contributed by atoms with Crippen LogP contribution in [0.15, 0.2) is 53.4 Å². The Morgan fingerprint density at radius 3 is 2.57 bits per heavy atom. The van der Waals surface area contributed by atoms with Crippen molar-refractivity contribution in [2.45, 2.75) is 43.7 Å². The van der Waals surface area contributed by atoms with Gasteiger partial charge in [0.2, 0.25) is 0 Å². The average Bonchev–Trinajstić information content (AvgIpc) is 2.64. The molecular formula is C22H29FN2O2S. The van der Waals surface area contributed by atoms with Gasteiger partial charge in [-0.15, -0.1) is 0 Å². The van der Waals surface area contributed by atoms with Crippen LogP contribution in [0.5, 0.6) is 0 Å². The summed E-state index contributed by atoms with van der Waals surface area (Å²) in [5.74, 6) is 0.341. The molecule has 2 atom stereocenters. The Morgan fingerprint density at radius 1 is 1.18 bits per heavy atom. The van der Waals surface area contributed by atoms with Gasteiger partial charge in [-0.2, -0.15) is 0 Å². The second-order valence-electron chi connectivity index (χ2n) is 7.75. The molecule has 1 aliphatic heterocycles. The maximum Gasteiger partial charge on any atom is 0.175 e. The van der Waals surface area contributed by atoms with Crippen LogP contribution in [0.4, 0.5) is 10.1 Å². The number of anilines is 1. The number of nitrogens with zero attached hydrogens (tertiary/aromatic N) is 1. The van der Waals surface area contributed by atoms with Crippen molar-refractivity contribution in [1.29, 1.82) is 0 Å². The highest BCUT2D eigenvalue weighted by molar-refractivity contribution is 7.90. The summed E-state index contributed by atoms with van der Waals surface area (Å²) >= 11 is 0. The predicted octanol–water partition coefficient (Wildman–Crippen LogP) is 4.33. The van der Waals surface area contributed by atoms with Gasteiger partial charge in [0.1, 0.15) is 5.82 Å². The van der Waals surface area contributed by atoms with Gasteiger partial charge in [0.25, 0.3) is 0 Å². The molecule has 0 aromatic heterocycles. The molecule has 0 amide bonds. The predicted molar refractivity (Wildman–Crippen MR) is 112 cm³/mol. The highest BCUT2D eigenvalue weighted by atomic mass is 32.2. The highest BCUT2D eigenvalue weighted by Crippen LogP contribution is 2.27. The van der Waals surface area contributed by atoms with Crippen molar-refractivity contribution >= 4 is 15.5 Å². The van der Waals surface area contributed by atoms with Crippen molar-refractivity contribution in [3.05, 3.63) is 59.9 Å². The Hall–Kier alpha value is -1.92. The van der Waals surface area contributed by atoms with Crippen molar-refractivity contribution in [3.63, 3.8) is 0 Å². The smallest absolute Gasteiger partial charge is 0.175 e. The molecule has 2 aromatic rings. The van der Waals surface area contributed by atoms with E-state index >= 15 is 0 Å². The lowest BCUT2D eigenvalue weighted by atomic mass is 9.87. The molecule has 0 bridgehead atoms. The van der Waals surface area contributed by atoms with Crippen molar-refractivity contribution < 1.29 is 12.8 Å². The maximum absolute atomic E-state index is 13.6. The normalized spacial score (nSPS) is 20.8. The fraction of sp³-hybridized carbons (Fsp3) is 0.455. The van der Waals surface area contributed by atoms with Crippen LogP contribution in [-0.2, 0) is 16.4 Å². The third kappa shape index (κ3) is 5.55. The van der Waals surface area contributed by atoms with E-state index in [0.29, 0.717) is 10.8 Å². The summed E-state index contributed by atoms with van der Waals surface area (Å²) in [5, 5.41) is 3.54. The number of hydrogen-bond donors (Lipinski definition) is 1. The van der Waals surface area contributed by atoms with Gasteiger partial charge in [0.05, 0.1) is 4.90 Å². The van der Waals surface area contributed by atoms with Crippen LogP contribution in [0.1, 0.15) is 31.7 Å². The average molecular weight is 405 g/mol. The van der Waals surface area contributed by atoms with Gasteiger partial charge in [-0.1, -0.05) is 31.5 Å². The fourth-order valence-electron chi connectivity index (χ4n) is 3.98. The third-order valence-corrected chi connectivity index (χ3v) is 6.56. The minimum absolute atomic E-state index is 0.226. The second kappa shape index (κ2) is 9.05. The number of benzene rings is 2. The second-order valence-corrected chi connectivity index (χ2v) is 9.77. The van der Waals surface area contributed by atoms with Gasteiger partial charge in [0.15, 0.2) is 9.84 Å². The Morgan fingerprint density at radius 2 is 1.93 bits per heavy atom. The van der Waals surface area contributed by atoms with E-state index < -0.39 is 9.84 Å².